The lowest BCUT2D eigenvalue weighted by atomic mass is 10.2. The van der Waals surface area contributed by atoms with Crippen LogP contribution < -0.4 is 5.32 Å². The van der Waals surface area contributed by atoms with Crippen molar-refractivity contribution in [3.05, 3.63) is 52.8 Å². The average molecular weight is 266 g/mol. The van der Waals surface area contributed by atoms with E-state index in [-0.39, 0.29) is 16.5 Å². The SMILES string of the molecule is Cc1ccc(F)c(NC(=O)c2cncc(Cl)n2)c1. The van der Waals surface area contributed by atoms with E-state index in [9.17, 15) is 9.18 Å². The van der Waals surface area contributed by atoms with Crippen molar-refractivity contribution in [1.29, 1.82) is 0 Å². The predicted octanol–water partition coefficient (Wildman–Crippen LogP) is 2.83. The number of nitrogens with zero attached hydrogens (tertiary/aromatic N) is 2. The molecular formula is C12H9ClFN3O. The molecule has 18 heavy (non-hydrogen) atoms. The summed E-state index contributed by atoms with van der Waals surface area (Å²) in [7, 11) is 0. The number of nitrogens with one attached hydrogen (secondary N) is 1. The fraction of sp³-hybridized carbons (Fsp3) is 0.0833. The molecule has 0 fully saturated rings. The average Bonchev–Trinajstić information content (AvgIpc) is 2.34. The number of rotatable bonds is 2. The van der Waals surface area contributed by atoms with E-state index < -0.39 is 11.7 Å². The monoisotopic (exact) mass is 265 g/mol. The molecule has 0 atom stereocenters. The Morgan fingerprint density at radius 2 is 2.17 bits per heavy atom. The number of carbonyl (C=O) groups excluding carboxylic acids is 1. The summed E-state index contributed by atoms with van der Waals surface area (Å²) in [4.78, 5) is 19.3. The number of aromatic nitrogens is 2. The zero-order valence-corrected chi connectivity index (χ0v) is 10.2. The molecule has 4 nitrogen and oxygen atoms in total. The number of hydrogen-bond acceptors (Lipinski definition) is 3. The van der Waals surface area contributed by atoms with E-state index in [2.05, 4.69) is 15.3 Å². The topological polar surface area (TPSA) is 54.9 Å². The third-order valence-corrected chi connectivity index (χ3v) is 2.39. The van der Waals surface area contributed by atoms with Crippen LogP contribution in [0.3, 0.4) is 0 Å². The Kier molecular flexibility index (Phi) is 3.53. The maximum atomic E-state index is 13.4. The Balaban J connectivity index is 2.24. The van der Waals surface area contributed by atoms with Crippen LogP contribution in [-0.2, 0) is 0 Å². The molecule has 92 valence electrons. The molecule has 0 aliphatic carbocycles. The number of aryl methyl sites for hydroxylation is 1. The standard InChI is InChI=1S/C12H9ClFN3O/c1-7-2-3-8(14)9(4-7)17-12(18)10-5-15-6-11(13)16-10/h2-6H,1H3,(H,17,18). The minimum absolute atomic E-state index is 0.0309. The summed E-state index contributed by atoms with van der Waals surface area (Å²) in [5.74, 6) is -1.07. The zero-order valence-electron chi connectivity index (χ0n) is 9.45. The molecular weight excluding hydrogens is 257 g/mol. The number of hydrogen-bond donors (Lipinski definition) is 1. The second kappa shape index (κ2) is 5.10. The molecule has 0 saturated carbocycles. The molecule has 0 spiro atoms. The van der Waals surface area contributed by atoms with E-state index in [1.807, 2.05) is 0 Å². The molecule has 2 aromatic rings. The van der Waals surface area contributed by atoms with Gasteiger partial charge in [0.05, 0.1) is 18.1 Å². The second-order valence-electron chi connectivity index (χ2n) is 3.66. The van der Waals surface area contributed by atoms with Gasteiger partial charge < -0.3 is 5.32 Å². The first kappa shape index (κ1) is 12.4. The van der Waals surface area contributed by atoms with E-state index in [0.29, 0.717) is 0 Å². The summed E-state index contributed by atoms with van der Waals surface area (Å²) >= 11 is 5.62. The highest BCUT2D eigenvalue weighted by Gasteiger charge is 2.11. The molecule has 0 saturated heterocycles. The molecule has 1 heterocycles. The maximum absolute atomic E-state index is 13.4. The number of anilines is 1. The maximum Gasteiger partial charge on any atom is 0.276 e. The van der Waals surface area contributed by atoms with Gasteiger partial charge in [-0.05, 0) is 24.6 Å². The quantitative estimate of drug-likeness (QED) is 0.908. The van der Waals surface area contributed by atoms with Crippen LogP contribution >= 0.6 is 11.6 Å². The van der Waals surface area contributed by atoms with E-state index in [4.69, 9.17) is 11.6 Å². The lowest BCUT2D eigenvalue weighted by Gasteiger charge is -2.06. The van der Waals surface area contributed by atoms with Gasteiger partial charge in [0, 0.05) is 0 Å². The molecule has 1 aromatic heterocycles. The first-order chi connectivity index (χ1) is 8.56. The lowest BCUT2D eigenvalue weighted by molar-refractivity contribution is 0.102. The van der Waals surface area contributed by atoms with Gasteiger partial charge in [0.2, 0.25) is 0 Å². The summed E-state index contributed by atoms with van der Waals surface area (Å²) in [5, 5.41) is 2.52. The van der Waals surface area contributed by atoms with Gasteiger partial charge in [-0.15, -0.1) is 0 Å². The van der Waals surface area contributed by atoms with Gasteiger partial charge in [0.15, 0.2) is 0 Å². The Morgan fingerprint density at radius 1 is 1.39 bits per heavy atom. The van der Waals surface area contributed by atoms with Gasteiger partial charge in [-0.3, -0.25) is 9.78 Å². The Bertz CT molecular complexity index is 604. The zero-order chi connectivity index (χ0) is 13.1. The highest BCUT2D eigenvalue weighted by atomic mass is 35.5. The molecule has 0 bridgehead atoms. The highest BCUT2D eigenvalue weighted by molar-refractivity contribution is 6.29. The first-order valence-electron chi connectivity index (χ1n) is 5.11. The van der Waals surface area contributed by atoms with Gasteiger partial charge in [0.25, 0.3) is 5.91 Å². The van der Waals surface area contributed by atoms with E-state index in [0.717, 1.165) is 5.56 Å². The van der Waals surface area contributed by atoms with Crippen LogP contribution in [0.4, 0.5) is 10.1 Å². The largest absolute Gasteiger partial charge is 0.318 e. The normalized spacial score (nSPS) is 10.2. The predicted molar refractivity (Wildman–Crippen MR) is 66.1 cm³/mol. The lowest BCUT2D eigenvalue weighted by Crippen LogP contribution is -2.15. The van der Waals surface area contributed by atoms with Crippen molar-refractivity contribution in [2.45, 2.75) is 6.92 Å². The third kappa shape index (κ3) is 2.81. The van der Waals surface area contributed by atoms with Crippen molar-refractivity contribution >= 4 is 23.2 Å². The molecule has 2 rings (SSSR count). The first-order valence-corrected chi connectivity index (χ1v) is 5.49. The molecule has 6 heteroatoms. The van der Waals surface area contributed by atoms with E-state index >= 15 is 0 Å². The minimum Gasteiger partial charge on any atom is -0.318 e. The molecule has 1 amide bonds. The molecule has 0 unspecified atom stereocenters. The number of amides is 1. The van der Waals surface area contributed by atoms with Crippen LogP contribution in [0.15, 0.2) is 30.6 Å². The smallest absolute Gasteiger partial charge is 0.276 e. The summed E-state index contributed by atoms with van der Waals surface area (Å²) in [6.07, 6.45) is 2.57. The highest BCUT2D eigenvalue weighted by Crippen LogP contribution is 2.16. The fourth-order valence-electron chi connectivity index (χ4n) is 1.37. The molecule has 0 aliphatic heterocycles. The second-order valence-corrected chi connectivity index (χ2v) is 4.05. The van der Waals surface area contributed by atoms with Crippen molar-refractivity contribution in [1.82, 2.24) is 9.97 Å². The summed E-state index contributed by atoms with van der Waals surface area (Å²) in [6.45, 7) is 1.80. The van der Waals surface area contributed by atoms with Gasteiger partial charge in [-0.25, -0.2) is 9.37 Å². The van der Waals surface area contributed by atoms with Gasteiger partial charge >= 0.3 is 0 Å². The van der Waals surface area contributed by atoms with Crippen molar-refractivity contribution < 1.29 is 9.18 Å². The van der Waals surface area contributed by atoms with E-state index in [1.54, 1.807) is 13.0 Å². The van der Waals surface area contributed by atoms with Crippen LogP contribution in [0.5, 0.6) is 0 Å². The molecule has 0 radical (unpaired) electrons. The van der Waals surface area contributed by atoms with Crippen LogP contribution in [0.25, 0.3) is 0 Å². The number of benzene rings is 1. The summed E-state index contributed by atoms with van der Waals surface area (Å²) in [5.41, 5.74) is 0.967. The Morgan fingerprint density at radius 3 is 2.89 bits per heavy atom. The van der Waals surface area contributed by atoms with Crippen LogP contribution in [0.2, 0.25) is 5.15 Å². The van der Waals surface area contributed by atoms with Gasteiger partial charge in [-0.1, -0.05) is 17.7 Å². The minimum atomic E-state index is -0.561. The summed E-state index contributed by atoms with van der Waals surface area (Å²) < 4.78 is 13.4. The third-order valence-electron chi connectivity index (χ3n) is 2.21. The fourth-order valence-corrected chi connectivity index (χ4v) is 1.52. The Hall–Kier alpha value is -2.01. The molecule has 0 aliphatic rings. The van der Waals surface area contributed by atoms with Crippen LogP contribution in [0.1, 0.15) is 16.1 Å². The summed E-state index contributed by atoms with van der Waals surface area (Å²) in [6, 6.07) is 4.43. The van der Waals surface area contributed by atoms with Crippen LogP contribution in [-0.4, -0.2) is 15.9 Å². The van der Waals surface area contributed by atoms with Gasteiger partial charge in [-0.2, -0.15) is 0 Å². The van der Waals surface area contributed by atoms with Crippen molar-refractivity contribution in [2.24, 2.45) is 0 Å². The Labute approximate surface area is 108 Å². The molecule has 1 aromatic carbocycles. The van der Waals surface area contributed by atoms with Crippen molar-refractivity contribution in [3.63, 3.8) is 0 Å². The van der Waals surface area contributed by atoms with Crippen molar-refractivity contribution in [3.8, 4) is 0 Å². The molecule has 1 N–H and O–H groups in total. The van der Waals surface area contributed by atoms with E-state index in [1.165, 1.54) is 24.5 Å². The van der Waals surface area contributed by atoms with Gasteiger partial charge in [0.1, 0.15) is 16.7 Å². The van der Waals surface area contributed by atoms with Crippen molar-refractivity contribution in [2.75, 3.05) is 5.32 Å². The number of carbonyl (C=O) groups is 1. The van der Waals surface area contributed by atoms with Crippen LogP contribution in [0, 0.1) is 12.7 Å². The number of halogens is 2.